The number of amides is 1. The minimum absolute atomic E-state index is 0.00599. The predicted octanol–water partition coefficient (Wildman–Crippen LogP) is 4.37. The third kappa shape index (κ3) is 4.65. The molecule has 3 aromatic rings. The first-order chi connectivity index (χ1) is 14.5. The van der Waals surface area contributed by atoms with Crippen LogP contribution < -0.4 is 10.9 Å². The lowest BCUT2D eigenvalue weighted by Gasteiger charge is -2.17. The first kappa shape index (κ1) is 22.6. The van der Waals surface area contributed by atoms with Gasteiger partial charge in [-0.3, -0.25) is 9.59 Å². The number of nitrogens with one attached hydrogen (secondary N) is 1. The van der Waals surface area contributed by atoms with E-state index in [1.165, 1.54) is 0 Å². The van der Waals surface area contributed by atoms with E-state index in [1.54, 1.807) is 6.26 Å². The maximum Gasteiger partial charge on any atom is 0.339 e. The van der Waals surface area contributed by atoms with Gasteiger partial charge in [-0.1, -0.05) is 20.8 Å². The van der Waals surface area contributed by atoms with Crippen LogP contribution in [0.5, 0.6) is 0 Å². The Kier molecular flexibility index (Phi) is 6.25. The Balaban J connectivity index is 1.91. The first-order valence-corrected chi connectivity index (χ1v) is 10.5. The molecule has 2 aromatic heterocycles. The molecule has 0 spiro atoms. The molecule has 2 heterocycles. The maximum absolute atomic E-state index is 12.7. The van der Waals surface area contributed by atoms with Crippen LogP contribution in [0.2, 0.25) is 0 Å². The van der Waals surface area contributed by atoms with Crippen LogP contribution in [0.4, 0.5) is 0 Å². The van der Waals surface area contributed by atoms with Gasteiger partial charge in [0.25, 0.3) is 0 Å². The molecule has 0 aliphatic heterocycles. The number of hydrogen-bond acceptors (Lipinski definition) is 5. The summed E-state index contributed by atoms with van der Waals surface area (Å²) >= 11 is 0. The lowest BCUT2D eigenvalue weighted by molar-refractivity contribution is -0.137. The molecule has 0 fully saturated rings. The molecule has 7 heteroatoms. The summed E-state index contributed by atoms with van der Waals surface area (Å²) in [4.78, 5) is 35.3. The SMILES string of the molecule is Cc1c(CCC(=O)NCCCC(=O)O)c(=O)oc2c(C)c3occ(C(C)(C)C)c3cc12. The standard InChI is InChI=1S/C24H29NO6/c1-13-15(8-9-19(26)25-10-6-7-20(27)28)23(29)31-22-14(2)21-17(11-16(13)22)18(12-30-21)24(3,4)5/h11-12H,6-10H2,1-5H3,(H,25,26)(H,27,28). The van der Waals surface area contributed by atoms with Crippen molar-refractivity contribution < 1.29 is 23.5 Å². The van der Waals surface area contributed by atoms with Gasteiger partial charge < -0.3 is 19.3 Å². The molecule has 0 radical (unpaired) electrons. The van der Waals surface area contributed by atoms with Gasteiger partial charge in [-0.15, -0.1) is 0 Å². The topological polar surface area (TPSA) is 110 Å². The second-order valence-corrected chi connectivity index (χ2v) is 8.99. The number of carbonyl (C=O) groups is 2. The zero-order valence-corrected chi connectivity index (χ0v) is 18.7. The molecular weight excluding hydrogens is 398 g/mol. The number of carbonyl (C=O) groups excluding carboxylic acids is 1. The van der Waals surface area contributed by atoms with Crippen molar-refractivity contribution in [2.45, 2.75) is 65.7 Å². The van der Waals surface area contributed by atoms with Crippen molar-refractivity contribution >= 4 is 33.8 Å². The molecule has 0 unspecified atom stereocenters. The summed E-state index contributed by atoms with van der Waals surface area (Å²) in [5.41, 5.74) is 3.82. The lowest BCUT2D eigenvalue weighted by Crippen LogP contribution is -2.26. The Bertz CT molecular complexity index is 1210. The van der Waals surface area contributed by atoms with E-state index in [0.29, 0.717) is 29.7 Å². The fraction of sp³-hybridized carbons (Fsp3) is 0.458. The van der Waals surface area contributed by atoms with E-state index in [1.807, 2.05) is 19.9 Å². The summed E-state index contributed by atoms with van der Waals surface area (Å²) in [6.07, 6.45) is 2.52. The lowest BCUT2D eigenvalue weighted by atomic mass is 9.86. The number of aliphatic carboxylic acids is 1. The minimum Gasteiger partial charge on any atom is -0.481 e. The first-order valence-electron chi connectivity index (χ1n) is 10.5. The Morgan fingerprint density at radius 2 is 1.77 bits per heavy atom. The molecule has 0 atom stereocenters. The zero-order valence-electron chi connectivity index (χ0n) is 18.7. The van der Waals surface area contributed by atoms with Crippen molar-refractivity contribution in [3.05, 3.63) is 45.0 Å². The second-order valence-electron chi connectivity index (χ2n) is 8.99. The van der Waals surface area contributed by atoms with E-state index in [0.717, 1.165) is 27.5 Å². The normalized spacial score (nSPS) is 11.9. The van der Waals surface area contributed by atoms with Gasteiger partial charge in [0.2, 0.25) is 5.91 Å². The largest absolute Gasteiger partial charge is 0.481 e. The van der Waals surface area contributed by atoms with Crippen LogP contribution in [-0.2, 0) is 21.4 Å². The predicted molar refractivity (Wildman–Crippen MR) is 119 cm³/mol. The van der Waals surface area contributed by atoms with Crippen LogP contribution in [0.15, 0.2) is 26.0 Å². The van der Waals surface area contributed by atoms with Gasteiger partial charge in [0, 0.05) is 46.8 Å². The van der Waals surface area contributed by atoms with Crippen molar-refractivity contribution in [1.29, 1.82) is 0 Å². The third-order valence-corrected chi connectivity index (χ3v) is 5.64. The quantitative estimate of drug-likeness (QED) is 0.428. The van der Waals surface area contributed by atoms with Crippen molar-refractivity contribution in [3.63, 3.8) is 0 Å². The highest BCUT2D eigenvalue weighted by molar-refractivity contribution is 6.00. The Morgan fingerprint density at radius 1 is 1.06 bits per heavy atom. The van der Waals surface area contributed by atoms with Crippen LogP contribution in [0, 0.1) is 13.8 Å². The molecule has 0 saturated heterocycles. The molecule has 2 N–H and O–H groups in total. The van der Waals surface area contributed by atoms with Gasteiger partial charge in [0.05, 0.1) is 6.26 Å². The fourth-order valence-electron chi connectivity index (χ4n) is 3.86. The number of carboxylic acids is 1. The summed E-state index contributed by atoms with van der Waals surface area (Å²) in [7, 11) is 0. The average molecular weight is 427 g/mol. The van der Waals surface area contributed by atoms with Crippen LogP contribution in [0.3, 0.4) is 0 Å². The fourth-order valence-corrected chi connectivity index (χ4v) is 3.86. The van der Waals surface area contributed by atoms with Crippen molar-refractivity contribution in [3.8, 4) is 0 Å². The molecule has 7 nitrogen and oxygen atoms in total. The number of benzene rings is 1. The molecule has 31 heavy (non-hydrogen) atoms. The summed E-state index contributed by atoms with van der Waals surface area (Å²) in [6, 6.07) is 2.01. The number of hydrogen-bond donors (Lipinski definition) is 2. The molecule has 1 amide bonds. The third-order valence-electron chi connectivity index (χ3n) is 5.64. The van der Waals surface area contributed by atoms with E-state index in [4.69, 9.17) is 13.9 Å². The highest BCUT2D eigenvalue weighted by atomic mass is 16.4. The van der Waals surface area contributed by atoms with E-state index < -0.39 is 11.6 Å². The number of fused-ring (bicyclic) bond motifs is 2. The molecule has 0 aliphatic rings. The Labute approximate surface area is 180 Å². The summed E-state index contributed by atoms with van der Waals surface area (Å²) in [5.74, 6) is -1.11. The molecular formula is C24H29NO6. The van der Waals surface area contributed by atoms with Gasteiger partial charge >= 0.3 is 11.6 Å². The smallest absolute Gasteiger partial charge is 0.339 e. The monoisotopic (exact) mass is 427 g/mol. The zero-order chi connectivity index (χ0) is 22.9. The van der Waals surface area contributed by atoms with E-state index in [2.05, 4.69) is 26.1 Å². The highest BCUT2D eigenvalue weighted by Gasteiger charge is 2.23. The molecule has 0 saturated carbocycles. The minimum atomic E-state index is -0.893. The molecule has 3 rings (SSSR count). The van der Waals surface area contributed by atoms with E-state index in [-0.39, 0.29) is 30.6 Å². The van der Waals surface area contributed by atoms with Crippen LogP contribution >= 0.6 is 0 Å². The van der Waals surface area contributed by atoms with Gasteiger partial charge in [0.15, 0.2) is 0 Å². The summed E-state index contributed by atoms with van der Waals surface area (Å²) in [6.45, 7) is 10.4. The van der Waals surface area contributed by atoms with Crippen molar-refractivity contribution in [2.24, 2.45) is 0 Å². The Hall–Kier alpha value is -3.09. The van der Waals surface area contributed by atoms with Gasteiger partial charge in [-0.25, -0.2) is 4.79 Å². The average Bonchev–Trinajstić information content (AvgIpc) is 3.11. The summed E-state index contributed by atoms with van der Waals surface area (Å²) < 4.78 is 11.5. The van der Waals surface area contributed by atoms with Crippen molar-refractivity contribution in [2.75, 3.05) is 6.54 Å². The summed E-state index contributed by atoms with van der Waals surface area (Å²) in [5, 5.41) is 13.2. The number of furan rings is 1. The van der Waals surface area contributed by atoms with Crippen molar-refractivity contribution in [1.82, 2.24) is 5.32 Å². The van der Waals surface area contributed by atoms with Crippen LogP contribution in [0.25, 0.3) is 21.9 Å². The van der Waals surface area contributed by atoms with E-state index >= 15 is 0 Å². The Morgan fingerprint density at radius 3 is 2.42 bits per heavy atom. The number of rotatable bonds is 7. The molecule has 166 valence electrons. The van der Waals surface area contributed by atoms with Gasteiger partial charge in [0.1, 0.15) is 11.2 Å². The second kappa shape index (κ2) is 8.57. The number of aryl methyl sites for hydroxylation is 2. The highest BCUT2D eigenvalue weighted by Crippen LogP contribution is 2.37. The van der Waals surface area contributed by atoms with Crippen LogP contribution in [0.1, 0.15) is 62.3 Å². The molecule has 1 aromatic carbocycles. The number of carboxylic acid groups (broad SMARTS) is 1. The van der Waals surface area contributed by atoms with E-state index in [9.17, 15) is 14.4 Å². The molecule has 0 bridgehead atoms. The van der Waals surface area contributed by atoms with Gasteiger partial charge in [-0.05, 0) is 43.7 Å². The maximum atomic E-state index is 12.7. The van der Waals surface area contributed by atoms with Crippen LogP contribution in [-0.4, -0.2) is 23.5 Å². The van der Waals surface area contributed by atoms with Gasteiger partial charge in [-0.2, -0.15) is 0 Å². The molecule has 0 aliphatic carbocycles.